The quantitative estimate of drug-likeness (QED) is 0.428. The van der Waals surface area contributed by atoms with Gasteiger partial charge in [0.15, 0.2) is 0 Å². The van der Waals surface area contributed by atoms with Crippen LogP contribution in [0, 0.1) is 0 Å². The minimum Gasteiger partial charge on any atom is -0.267 e. The van der Waals surface area contributed by atoms with E-state index in [0.717, 1.165) is 5.28 Å². The van der Waals surface area contributed by atoms with Crippen LogP contribution in [0.5, 0.6) is 0 Å². The van der Waals surface area contributed by atoms with E-state index in [1.807, 2.05) is 0 Å². The number of halogens is 3. The maximum Gasteiger partial charge on any atom is 0.379 e. The summed E-state index contributed by atoms with van der Waals surface area (Å²) in [6, 6.07) is 0. The van der Waals surface area contributed by atoms with Gasteiger partial charge in [0, 0.05) is 0 Å². The van der Waals surface area contributed by atoms with Crippen molar-refractivity contribution in [3.63, 3.8) is 0 Å². The first-order valence-corrected chi connectivity index (χ1v) is 5.62. The first-order chi connectivity index (χ1) is 2.77. The van der Waals surface area contributed by atoms with Crippen LogP contribution in [-0.2, 0) is 0 Å². The summed E-state index contributed by atoms with van der Waals surface area (Å²) in [6.07, 6.45) is 0. The first-order valence-electron chi connectivity index (χ1n) is 1.61. The maximum absolute atomic E-state index is 5.37. The summed E-state index contributed by atoms with van der Waals surface area (Å²) in [5, 5.41) is 0.810. The highest BCUT2D eigenvalue weighted by molar-refractivity contribution is 6.94. The lowest BCUT2D eigenvalue weighted by Crippen LogP contribution is -1.86. The van der Waals surface area contributed by atoms with E-state index in [2.05, 4.69) is 0 Å². The van der Waals surface area contributed by atoms with Crippen molar-refractivity contribution in [3.8, 4) is 0 Å². The minimum absolute atomic E-state index is 0.228. The fourth-order valence-electron chi connectivity index (χ4n) is 0.0825. The van der Waals surface area contributed by atoms with Crippen LogP contribution in [0.15, 0.2) is 0 Å². The second-order valence-corrected chi connectivity index (χ2v) is 4.23. The van der Waals surface area contributed by atoms with E-state index < -0.39 is 14.3 Å². The van der Waals surface area contributed by atoms with Gasteiger partial charge in [-0.15, -0.1) is 23.2 Å². The van der Waals surface area contributed by atoms with E-state index in [-0.39, 0.29) is 4.84 Å². The molecule has 0 saturated carbocycles. The van der Waals surface area contributed by atoms with Crippen molar-refractivity contribution in [2.45, 2.75) is 10.1 Å². The van der Waals surface area contributed by atoms with Gasteiger partial charge in [-0.2, -0.15) is 0 Å². The summed E-state index contributed by atoms with van der Waals surface area (Å²) < 4.78 is 0. The Bertz CT molecular complexity index is 30.0. The zero-order valence-electron chi connectivity index (χ0n) is 3.13. The zero-order valence-corrected chi connectivity index (χ0v) is 6.81. The van der Waals surface area contributed by atoms with Crippen molar-refractivity contribution in [1.29, 1.82) is 0 Å². The van der Waals surface area contributed by atoms with Crippen LogP contribution in [0.1, 0.15) is 0 Å². The minimum atomic E-state index is -0.425. The number of hydrogen-bond acceptors (Lipinski definition) is 0. The average molecular weight is 161 g/mol. The molecular weight excluding hydrogens is 157 g/mol. The molecule has 0 amide bonds. The maximum atomic E-state index is 5.37. The summed E-state index contributed by atoms with van der Waals surface area (Å²) in [5.41, 5.74) is 0. The molecule has 0 heterocycles. The van der Waals surface area contributed by atoms with Crippen molar-refractivity contribution < 1.29 is 0 Å². The van der Waals surface area contributed by atoms with Crippen LogP contribution in [-0.4, -0.2) is 19.1 Å². The van der Waals surface area contributed by atoms with Crippen molar-refractivity contribution >= 4 is 47.5 Å². The Kier molecular flexibility index (Phi) is 5.62. The second-order valence-electron chi connectivity index (χ2n) is 0.869. The van der Waals surface area contributed by atoms with E-state index in [9.17, 15) is 0 Å². The highest BCUT2D eigenvalue weighted by atomic mass is 35.6. The fraction of sp³-hybridized carbons (Fsp3) is 1.00. The van der Waals surface area contributed by atoms with Gasteiger partial charge in [0.05, 0.1) is 4.84 Å². The van der Waals surface area contributed by atoms with E-state index in [4.69, 9.17) is 33.3 Å². The molecule has 0 unspecified atom stereocenters. The molecule has 0 rings (SSSR count). The van der Waals surface area contributed by atoms with Gasteiger partial charge >= 0.3 is 14.3 Å². The Labute approximate surface area is 57.7 Å². The lowest BCUT2D eigenvalue weighted by Gasteiger charge is -1.87. The summed E-state index contributed by atoms with van der Waals surface area (Å²) in [7, 11) is 5.37. The molecule has 0 aromatic heterocycles. The third-order valence-electron chi connectivity index (χ3n) is 0.327. The molecule has 6 heavy (non-hydrogen) atoms. The van der Waals surface area contributed by atoms with Crippen molar-refractivity contribution in [2.24, 2.45) is 0 Å². The third kappa shape index (κ3) is 5.40. The average Bonchev–Trinajstić information content (AvgIpc) is 1.35. The third-order valence-corrected chi connectivity index (χ3v) is 2.95. The fourth-order valence-corrected chi connectivity index (χ4v) is 2.23. The molecule has 0 aliphatic rings. The lowest BCUT2D eigenvalue weighted by molar-refractivity contribution is 1.37. The van der Waals surface area contributed by atoms with E-state index in [1.165, 1.54) is 0 Å². The molecule has 0 aliphatic carbocycles. The number of alkyl halides is 2. The number of hydrogen-bond donors (Lipinski definition) is 0. The van der Waals surface area contributed by atoms with Crippen molar-refractivity contribution in [2.75, 3.05) is 0 Å². The van der Waals surface area contributed by atoms with E-state index in [1.54, 1.807) is 0 Å². The van der Waals surface area contributed by atoms with Crippen LogP contribution in [0.3, 0.4) is 0 Å². The van der Waals surface area contributed by atoms with Gasteiger partial charge in [0.25, 0.3) is 0 Å². The van der Waals surface area contributed by atoms with Gasteiger partial charge < -0.3 is 0 Å². The van der Waals surface area contributed by atoms with Gasteiger partial charge in [-0.3, -0.25) is 10.0 Å². The molecule has 0 nitrogen and oxygen atoms in total. The summed E-state index contributed by atoms with van der Waals surface area (Å²) >= 11 is 10.2. The normalized spacial score (nSPS) is 9.33. The molecule has 4 heteroatoms. The first kappa shape index (κ1) is 7.40. The molecule has 0 fully saturated rings. The highest BCUT2D eigenvalue weighted by Gasteiger charge is 1.96. The number of rotatable bonds is 2. The summed E-state index contributed by atoms with van der Waals surface area (Å²) in [4.78, 5) is -0.228. The van der Waals surface area contributed by atoms with Gasteiger partial charge in [-0.25, -0.2) is 0 Å². The Balaban J connectivity index is 2.63. The molecule has 0 atom stereocenters. The molecule has 0 spiro atoms. The monoisotopic (exact) mass is 160 g/mol. The molecule has 0 N–H and O–H groups in total. The lowest BCUT2D eigenvalue weighted by atomic mass is 10.9. The van der Waals surface area contributed by atoms with Gasteiger partial charge in [0.1, 0.15) is 0 Å². The van der Waals surface area contributed by atoms with Crippen LogP contribution < -0.4 is 0 Å². The summed E-state index contributed by atoms with van der Waals surface area (Å²) in [5.74, 6) is 0. The molecule has 0 aliphatic heterocycles. The second kappa shape index (κ2) is 4.56. The largest absolute Gasteiger partial charge is 0.379 e. The highest BCUT2D eigenvalue weighted by Crippen LogP contribution is 2.06. The zero-order chi connectivity index (χ0) is 4.99. The Hall–Kier alpha value is 1.40. The SMILES string of the molecule is [Cl][AlH][CH2]C(Cl)Cl. The smallest absolute Gasteiger partial charge is 0.267 e. The van der Waals surface area contributed by atoms with Gasteiger partial charge in [-0.05, 0) is 0 Å². The van der Waals surface area contributed by atoms with Crippen LogP contribution in [0.4, 0.5) is 0 Å². The summed E-state index contributed by atoms with van der Waals surface area (Å²) in [6.45, 7) is 0. The van der Waals surface area contributed by atoms with Crippen LogP contribution in [0.25, 0.3) is 0 Å². The van der Waals surface area contributed by atoms with Crippen molar-refractivity contribution in [1.82, 2.24) is 0 Å². The molecule has 0 bridgehead atoms. The van der Waals surface area contributed by atoms with E-state index >= 15 is 0 Å². The standard InChI is InChI=1S/C2H3Cl2.Al.ClH.H/c1-2(3)4;;;/h2H,1H2;;1H;/q;+1;;/p-1. The van der Waals surface area contributed by atoms with Crippen LogP contribution in [0.2, 0.25) is 5.28 Å². The molecule has 0 saturated heterocycles. The van der Waals surface area contributed by atoms with E-state index in [0.29, 0.717) is 0 Å². The molecule has 0 aromatic carbocycles. The Morgan fingerprint density at radius 1 is 1.50 bits per heavy atom. The van der Waals surface area contributed by atoms with Gasteiger partial charge in [-0.1, -0.05) is 5.28 Å². The molecule has 0 radical (unpaired) electrons. The Morgan fingerprint density at radius 3 is 2.00 bits per heavy atom. The van der Waals surface area contributed by atoms with Gasteiger partial charge in [0.2, 0.25) is 0 Å². The molecular formula is C2H4AlCl3. The predicted octanol–water partition coefficient (Wildman–Crippen LogP) is 1.80. The Morgan fingerprint density at radius 2 is 2.00 bits per heavy atom. The van der Waals surface area contributed by atoms with Crippen LogP contribution >= 0.6 is 33.3 Å². The molecule has 36 valence electrons. The predicted molar refractivity (Wildman–Crippen MR) is 33.3 cm³/mol. The molecule has 0 aromatic rings. The topological polar surface area (TPSA) is 0 Å². The van der Waals surface area contributed by atoms with Crippen molar-refractivity contribution in [3.05, 3.63) is 0 Å².